The molecule has 1 aliphatic rings. The summed E-state index contributed by atoms with van der Waals surface area (Å²) in [4.78, 5) is 12.8. The highest BCUT2D eigenvalue weighted by Crippen LogP contribution is 2.43. The van der Waals surface area contributed by atoms with Gasteiger partial charge in [-0.2, -0.15) is 0 Å². The van der Waals surface area contributed by atoms with E-state index < -0.39 is 0 Å². The number of nitrogens with one attached hydrogen (secondary N) is 1. The van der Waals surface area contributed by atoms with Gasteiger partial charge in [0.25, 0.3) is 5.91 Å². The first kappa shape index (κ1) is 19.8. The van der Waals surface area contributed by atoms with Crippen molar-refractivity contribution in [2.75, 3.05) is 31.3 Å². The van der Waals surface area contributed by atoms with E-state index in [1.54, 1.807) is 38.2 Å². The van der Waals surface area contributed by atoms with Gasteiger partial charge in [0, 0.05) is 49.5 Å². The molecule has 1 aliphatic heterocycles. The molecule has 1 amide bonds. The van der Waals surface area contributed by atoms with Gasteiger partial charge in [-0.1, -0.05) is 11.9 Å². The van der Waals surface area contributed by atoms with Gasteiger partial charge in [0.1, 0.15) is 17.2 Å². The van der Waals surface area contributed by atoms with Crippen LogP contribution in [0.3, 0.4) is 0 Å². The van der Waals surface area contributed by atoms with E-state index in [1.807, 2.05) is 18.4 Å². The zero-order chi connectivity index (χ0) is 20.5. The van der Waals surface area contributed by atoms with E-state index in [9.17, 15) is 9.18 Å². The van der Waals surface area contributed by atoms with E-state index in [0.29, 0.717) is 22.5 Å². The van der Waals surface area contributed by atoms with Gasteiger partial charge in [-0.3, -0.25) is 4.79 Å². The van der Waals surface area contributed by atoms with E-state index in [4.69, 9.17) is 9.15 Å². The molecule has 29 heavy (non-hydrogen) atoms. The number of nitrogens with zero attached hydrogens (tertiary/aromatic N) is 1. The number of ether oxygens (including phenoxy) is 1. The molecule has 0 bridgehead atoms. The second-order valence-electron chi connectivity index (χ2n) is 6.95. The van der Waals surface area contributed by atoms with Crippen molar-refractivity contribution in [1.29, 1.82) is 0 Å². The standard InChI is InChI=1S/C22H23FN2O3S/c1-24-22(26)20-16-11-15-17(25(29-3)10-4-5-18(15)27-2)12-19(16)28-21(20)13-6-8-14(23)9-7-13/h6-9,11-12,18H,4-5,10H2,1-3H3,(H,24,26). The first-order valence-corrected chi connectivity index (χ1v) is 10.7. The van der Waals surface area contributed by atoms with Crippen molar-refractivity contribution in [3.05, 3.63) is 53.3 Å². The number of furan rings is 1. The number of anilines is 1. The van der Waals surface area contributed by atoms with E-state index in [0.717, 1.165) is 36.0 Å². The summed E-state index contributed by atoms with van der Waals surface area (Å²) < 4.78 is 27.6. The Bertz CT molecular complexity index is 1050. The van der Waals surface area contributed by atoms with E-state index >= 15 is 0 Å². The fourth-order valence-electron chi connectivity index (χ4n) is 3.91. The maximum Gasteiger partial charge on any atom is 0.255 e. The van der Waals surface area contributed by atoms with Crippen LogP contribution in [-0.4, -0.2) is 32.9 Å². The van der Waals surface area contributed by atoms with Gasteiger partial charge < -0.3 is 18.8 Å². The Labute approximate surface area is 173 Å². The number of methoxy groups -OCH3 is 1. The molecule has 2 heterocycles. The summed E-state index contributed by atoms with van der Waals surface area (Å²) in [5.41, 5.74) is 3.81. The minimum absolute atomic E-state index is 0.0479. The van der Waals surface area contributed by atoms with Crippen molar-refractivity contribution in [3.63, 3.8) is 0 Å². The lowest BCUT2D eigenvalue weighted by Gasteiger charge is -2.22. The Hall–Kier alpha value is -2.51. The summed E-state index contributed by atoms with van der Waals surface area (Å²) in [6.45, 7) is 0.910. The highest BCUT2D eigenvalue weighted by atomic mass is 32.2. The zero-order valence-corrected chi connectivity index (χ0v) is 17.4. The smallest absolute Gasteiger partial charge is 0.255 e. The first-order chi connectivity index (χ1) is 14.1. The van der Waals surface area contributed by atoms with Gasteiger partial charge in [-0.15, -0.1) is 0 Å². The Morgan fingerprint density at radius 3 is 2.72 bits per heavy atom. The zero-order valence-electron chi connectivity index (χ0n) is 16.6. The van der Waals surface area contributed by atoms with E-state index in [-0.39, 0.29) is 17.8 Å². The maximum atomic E-state index is 13.4. The van der Waals surface area contributed by atoms with Crippen molar-refractivity contribution in [3.8, 4) is 11.3 Å². The second-order valence-corrected chi connectivity index (χ2v) is 7.76. The van der Waals surface area contributed by atoms with Gasteiger partial charge in [0.15, 0.2) is 0 Å². The number of carbonyl (C=O) groups is 1. The van der Waals surface area contributed by atoms with Crippen LogP contribution in [-0.2, 0) is 4.74 Å². The highest BCUT2D eigenvalue weighted by molar-refractivity contribution is 7.99. The van der Waals surface area contributed by atoms with Gasteiger partial charge in [-0.25, -0.2) is 4.39 Å². The number of fused-ring (bicyclic) bond motifs is 2. The fourth-order valence-corrected chi connectivity index (χ4v) is 4.57. The molecule has 1 atom stereocenters. The number of benzene rings is 2. The Balaban J connectivity index is 1.99. The van der Waals surface area contributed by atoms with Crippen LogP contribution >= 0.6 is 11.9 Å². The van der Waals surface area contributed by atoms with Gasteiger partial charge >= 0.3 is 0 Å². The number of hydrogen-bond acceptors (Lipinski definition) is 5. The number of halogens is 1. The quantitative estimate of drug-likeness (QED) is 0.598. The van der Waals surface area contributed by atoms with Gasteiger partial charge in [-0.05, 0) is 43.2 Å². The summed E-state index contributed by atoms with van der Waals surface area (Å²) in [5, 5.41) is 3.43. The number of rotatable bonds is 4. The Kier molecular flexibility index (Phi) is 5.52. The average molecular weight is 415 g/mol. The summed E-state index contributed by atoms with van der Waals surface area (Å²) >= 11 is 1.66. The molecule has 0 spiro atoms. The molecule has 0 fully saturated rings. The summed E-state index contributed by atoms with van der Waals surface area (Å²) in [5.74, 6) is -0.145. The van der Waals surface area contributed by atoms with Crippen molar-refractivity contribution >= 4 is 34.5 Å². The minimum atomic E-state index is -0.336. The van der Waals surface area contributed by atoms with Crippen LogP contribution in [0.25, 0.3) is 22.3 Å². The van der Waals surface area contributed by atoms with Crippen LogP contribution in [0.2, 0.25) is 0 Å². The monoisotopic (exact) mass is 414 g/mol. The van der Waals surface area contributed by atoms with Crippen LogP contribution in [0.1, 0.15) is 34.9 Å². The third-order valence-electron chi connectivity index (χ3n) is 5.35. The molecule has 2 aromatic carbocycles. The van der Waals surface area contributed by atoms with E-state index in [2.05, 4.69) is 9.62 Å². The van der Waals surface area contributed by atoms with E-state index in [1.165, 1.54) is 12.1 Å². The SMILES string of the molecule is CNC(=O)c1c(-c2ccc(F)cc2)oc2cc3c(cc12)C(OC)CCCN3SC. The Morgan fingerprint density at radius 2 is 2.07 bits per heavy atom. The molecule has 0 aliphatic carbocycles. The lowest BCUT2D eigenvalue weighted by molar-refractivity contribution is 0.0959. The molecular formula is C22H23FN2O3S. The summed E-state index contributed by atoms with van der Waals surface area (Å²) in [7, 11) is 3.30. The molecule has 1 aromatic heterocycles. The topological polar surface area (TPSA) is 54.7 Å². The molecule has 4 rings (SSSR count). The molecule has 1 unspecified atom stereocenters. The minimum Gasteiger partial charge on any atom is -0.455 e. The van der Waals surface area contributed by atoms with Crippen LogP contribution in [0.5, 0.6) is 0 Å². The molecule has 0 saturated carbocycles. The highest BCUT2D eigenvalue weighted by Gasteiger charge is 2.28. The number of amides is 1. The third kappa shape index (κ3) is 3.49. The molecule has 1 N–H and O–H groups in total. The predicted molar refractivity (Wildman–Crippen MR) is 115 cm³/mol. The molecule has 152 valence electrons. The van der Waals surface area contributed by atoms with Crippen LogP contribution in [0, 0.1) is 5.82 Å². The average Bonchev–Trinajstić information content (AvgIpc) is 3.01. The predicted octanol–water partition coefficient (Wildman–Crippen LogP) is 5.16. The largest absolute Gasteiger partial charge is 0.455 e. The van der Waals surface area contributed by atoms with Crippen molar-refractivity contribution in [2.45, 2.75) is 18.9 Å². The van der Waals surface area contributed by atoms with Crippen molar-refractivity contribution in [1.82, 2.24) is 5.32 Å². The van der Waals surface area contributed by atoms with Gasteiger partial charge in [0.05, 0.1) is 17.4 Å². The second kappa shape index (κ2) is 8.08. The number of hydrogen-bond donors (Lipinski definition) is 1. The van der Waals surface area contributed by atoms with Crippen molar-refractivity contribution in [2.24, 2.45) is 0 Å². The van der Waals surface area contributed by atoms with Crippen LogP contribution < -0.4 is 9.62 Å². The fraction of sp³-hybridized carbons (Fsp3) is 0.318. The molecule has 0 saturated heterocycles. The summed E-state index contributed by atoms with van der Waals surface area (Å²) in [6, 6.07) is 9.96. The lowest BCUT2D eigenvalue weighted by atomic mass is 9.99. The van der Waals surface area contributed by atoms with Crippen LogP contribution in [0.15, 0.2) is 40.8 Å². The van der Waals surface area contributed by atoms with Gasteiger partial charge in [0.2, 0.25) is 0 Å². The molecule has 5 nitrogen and oxygen atoms in total. The lowest BCUT2D eigenvalue weighted by Crippen LogP contribution is -2.18. The molecular weight excluding hydrogens is 391 g/mol. The number of carbonyl (C=O) groups excluding carboxylic acids is 1. The summed E-state index contributed by atoms with van der Waals surface area (Å²) in [6.07, 6.45) is 3.92. The van der Waals surface area contributed by atoms with Crippen molar-refractivity contribution < 1.29 is 18.3 Å². The third-order valence-corrected chi connectivity index (χ3v) is 6.17. The first-order valence-electron chi connectivity index (χ1n) is 9.50. The van der Waals surface area contributed by atoms with Crippen LogP contribution in [0.4, 0.5) is 10.1 Å². The molecule has 7 heteroatoms. The molecule has 0 radical (unpaired) electrons. The normalized spacial score (nSPS) is 16.6. The maximum absolute atomic E-state index is 13.4. The Morgan fingerprint density at radius 1 is 1.31 bits per heavy atom. The molecule has 3 aromatic rings.